The van der Waals surface area contributed by atoms with Gasteiger partial charge in [0.05, 0.1) is 12.0 Å². The third kappa shape index (κ3) is 4.90. The highest BCUT2D eigenvalue weighted by Crippen LogP contribution is 2.32. The number of carbonyl (C=O) groups excluding carboxylic acids is 3. The summed E-state index contributed by atoms with van der Waals surface area (Å²) in [5.41, 5.74) is 3.52. The third-order valence-corrected chi connectivity index (χ3v) is 5.77. The van der Waals surface area contributed by atoms with E-state index in [-0.39, 0.29) is 6.54 Å². The average Bonchev–Trinajstić information content (AvgIpc) is 3.08. The lowest BCUT2D eigenvalue weighted by molar-refractivity contribution is -0.127. The van der Waals surface area contributed by atoms with Crippen molar-refractivity contribution in [3.63, 3.8) is 0 Å². The zero-order chi connectivity index (χ0) is 22.5. The summed E-state index contributed by atoms with van der Waals surface area (Å²) in [5.74, 6) is -0.265. The summed E-state index contributed by atoms with van der Waals surface area (Å²) in [6, 6.07) is 24.5. The van der Waals surface area contributed by atoms with Crippen LogP contribution in [0.3, 0.4) is 0 Å². The van der Waals surface area contributed by atoms with Gasteiger partial charge < -0.3 is 10.1 Å². The van der Waals surface area contributed by atoms with Crippen LogP contribution in [0.1, 0.15) is 5.56 Å². The van der Waals surface area contributed by atoms with E-state index in [0.29, 0.717) is 16.3 Å². The number of methoxy groups -OCH3 is 1. The van der Waals surface area contributed by atoms with Crippen LogP contribution < -0.4 is 10.1 Å². The van der Waals surface area contributed by atoms with Crippen molar-refractivity contribution in [2.45, 2.75) is 0 Å². The van der Waals surface area contributed by atoms with Gasteiger partial charge in [0.2, 0.25) is 5.91 Å². The van der Waals surface area contributed by atoms with E-state index >= 15 is 0 Å². The molecule has 0 saturated carbocycles. The van der Waals surface area contributed by atoms with Crippen molar-refractivity contribution in [1.82, 2.24) is 4.90 Å². The summed E-state index contributed by atoms with van der Waals surface area (Å²) in [5, 5.41) is 2.21. The van der Waals surface area contributed by atoms with Crippen molar-refractivity contribution < 1.29 is 19.1 Å². The summed E-state index contributed by atoms with van der Waals surface area (Å²) < 4.78 is 5.08. The van der Waals surface area contributed by atoms with Gasteiger partial charge in [-0.15, -0.1) is 0 Å². The third-order valence-electron chi connectivity index (χ3n) is 4.86. The Bertz CT molecular complexity index is 1170. The van der Waals surface area contributed by atoms with Gasteiger partial charge in [-0.3, -0.25) is 19.3 Å². The van der Waals surface area contributed by atoms with Crippen LogP contribution in [0.2, 0.25) is 0 Å². The molecule has 1 fully saturated rings. The molecule has 1 N–H and O–H groups in total. The van der Waals surface area contributed by atoms with E-state index in [0.717, 1.165) is 33.4 Å². The number of hydrogen-bond acceptors (Lipinski definition) is 5. The number of thioether (sulfide) groups is 1. The smallest absolute Gasteiger partial charge is 0.294 e. The van der Waals surface area contributed by atoms with E-state index in [9.17, 15) is 14.4 Å². The zero-order valence-electron chi connectivity index (χ0n) is 17.3. The molecule has 4 rings (SSSR count). The number of nitrogens with zero attached hydrogens (tertiary/aromatic N) is 1. The van der Waals surface area contributed by atoms with Gasteiger partial charge >= 0.3 is 0 Å². The number of rotatable bonds is 6. The maximum Gasteiger partial charge on any atom is 0.294 e. The van der Waals surface area contributed by atoms with Crippen molar-refractivity contribution in [2.75, 3.05) is 19.0 Å². The van der Waals surface area contributed by atoms with Crippen molar-refractivity contribution >= 4 is 40.6 Å². The second-order valence-electron chi connectivity index (χ2n) is 7.03. The normalized spacial score (nSPS) is 14.7. The second-order valence-corrected chi connectivity index (χ2v) is 8.03. The van der Waals surface area contributed by atoms with Gasteiger partial charge in [0.1, 0.15) is 12.3 Å². The number of anilines is 1. The summed E-state index contributed by atoms with van der Waals surface area (Å²) in [4.78, 5) is 38.6. The maximum absolute atomic E-state index is 12.7. The topological polar surface area (TPSA) is 75.7 Å². The Morgan fingerprint density at radius 2 is 1.59 bits per heavy atom. The molecule has 160 valence electrons. The van der Waals surface area contributed by atoms with Gasteiger partial charge in [0.15, 0.2) is 0 Å². The van der Waals surface area contributed by atoms with Gasteiger partial charge in [-0.2, -0.15) is 0 Å². The minimum absolute atomic E-state index is 0.291. The molecule has 1 heterocycles. The number of hydrogen-bond donors (Lipinski definition) is 1. The van der Waals surface area contributed by atoms with Crippen LogP contribution in [0, 0.1) is 0 Å². The molecule has 0 aliphatic carbocycles. The Hall–Kier alpha value is -3.84. The highest BCUT2D eigenvalue weighted by Gasteiger charge is 2.36. The Kier molecular flexibility index (Phi) is 6.37. The molecule has 32 heavy (non-hydrogen) atoms. The fourth-order valence-corrected chi connectivity index (χ4v) is 4.05. The first-order valence-corrected chi connectivity index (χ1v) is 10.7. The predicted octanol–water partition coefficient (Wildman–Crippen LogP) is 5.04. The summed E-state index contributed by atoms with van der Waals surface area (Å²) in [6.45, 7) is -0.346. The molecule has 0 spiro atoms. The second kappa shape index (κ2) is 9.53. The fraction of sp³-hybridized carbons (Fsp3) is 0.0800. The highest BCUT2D eigenvalue weighted by atomic mass is 32.2. The van der Waals surface area contributed by atoms with Crippen molar-refractivity contribution in [3.8, 4) is 16.9 Å². The van der Waals surface area contributed by atoms with Crippen molar-refractivity contribution in [2.24, 2.45) is 0 Å². The van der Waals surface area contributed by atoms with Gasteiger partial charge in [0.25, 0.3) is 11.1 Å². The van der Waals surface area contributed by atoms with Crippen molar-refractivity contribution in [3.05, 3.63) is 89.3 Å². The lowest BCUT2D eigenvalue weighted by Crippen LogP contribution is -2.36. The fourth-order valence-electron chi connectivity index (χ4n) is 3.21. The molecule has 3 amide bonds. The Balaban J connectivity index is 1.41. The molecule has 0 unspecified atom stereocenters. The lowest BCUT2D eigenvalue weighted by Gasteiger charge is -2.12. The van der Waals surface area contributed by atoms with Crippen LogP contribution in [-0.4, -0.2) is 35.6 Å². The molecule has 7 heteroatoms. The monoisotopic (exact) mass is 444 g/mol. The minimum atomic E-state index is -0.475. The molecular weight excluding hydrogens is 424 g/mol. The Labute approximate surface area is 189 Å². The Morgan fingerprint density at radius 1 is 0.938 bits per heavy atom. The molecule has 1 saturated heterocycles. The van der Waals surface area contributed by atoms with E-state index in [1.54, 1.807) is 37.5 Å². The van der Waals surface area contributed by atoms with Crippen LogP contribution in [0.4, 0.5) is 10.5 Å². The largest absolute Gasteiger partial charge is 0.497 e. The summed E-state index contributed by atoms with van der Waals surface area (Å²) >= 11 is 0.832. The van der Waals surface area contributed by atoms with Crippen LogP contribution in [0.5, 0.6) is 5.75 Å². The quantitative estimate of drug-likeness (QED) is 0.539. The highest BCUT2D eigenvalue weighted by molar-refractivity contribution is 8.18. The number of nitrogens with one attached hydrogen (secondary N) is 1. The predicted molar refractivity (Wildman–Crippen MR) is 126 cm³/mol. The first kappa shape index (κ1) is 21.4. The maximum atomic E-state index is 12.7. The summed E-state index contributed by atoms with van der Waals surface area (Å²) in [7, 11) is 1.55. The Morgan fingerprint density at radius 3 is 2.25 bits per heavy atom. The summed E-state index contributed by atoms with van der Waals surface area (Å²) in [6.07, 6.45) is 1.67. The molecular formula is C25H20N2O4S. The van der Waals surface area contributed by atoms with Gasteiger partial charge in [-0.05, 0) is 58.8 Å². The van der Waals surface area contributed by atoms with Crippen LogP contribution in [0.25, 0.3) is 17.2 Å². The lowest BCUT2D eigenvalue weighted by atomic mass is 10.0. The first-order chi connectivity index (χ1) is 15.5. The number of ether oxygens (including phenoxy) is 1. The van der Waals surface area contributed by atoms with E-state index in [2.05, 4.69) is 5.32 Å². The zero-order valence-corrected chi connectivity index (χ0v) is 18.1. The van der Waals surface area contributed by atoms with E-state index in [1.807, 2.05) is 54.6 Å². The standard InChI is InChI=1S/C25H20N2O4S/c1-31-21-13-11-20(12-14-21)26-23(28)16-27-24(29)22(32-25(27)30)15-17-7-9-19(10-8-17)18-5-3-2-4-6-18/h2-15H,16H2,1H3,(H,26,28)/b22-15-. The molecule has 0 aromatic heterocycles. The number of imide groups is 1. The molecule has 0 atom stereocenters. The van der Waals surface area contributed by atoms with E-state index in [4.69, 9.17) is 4.74 Å². The minimum Gasteiger partial charge on any atom is -0.497 e. The number of benzene rings is 3. The van der Waals surface area contributed by atoms with Crippen molar-refractivity contribution in [1.29, 1.82) is 0 Å². The van der Waals surface area contributed by atoms with Crippen LogP contribution in [-0.2, 0) is 9.59 Å². The van der Waals surface area contributed by atoms with Gasteiger partial charge in [-0.1, -0.05) is 54.6 Å². The van der Waals surface area contributed by atoms with Crippen LogP contribution in [0.15, 0.2) is 83.8 Å². The first-order valence-electron chi connectivity index (χ1n) is 9.88. The van der Waals surface area contributed by atoms with Gasteiger partial charge in [0, 0.05) is 5.69 Å². The van der Waals surface area contributed by atoms with Gasteiger partial charge in [-0.25, -0.2) is 0 Å². The van der Waals surface area contributed by atoms with E-state index < -0.39 is 17.1 Å². The molecule has 3 aromatic rings. The number of carbonyl (C=O) groups is 3. The van der Waals surface area contributed by atoms with E-state index in [1.165, 1.54) is 0 Å². The molecule has 1 aliphatic heterocycles. The average molecular weight is 445 g/mol. The molecule has 0 bridgehead atoms. The molecule has 6 nitrogen and oxygen atoms in total. The SMILES string of the molecule is COc1ccc(NC(=O)CN2C(=O)S/C(=C\c3ccc(-c4ccccc4)cc3)C2=O)cc1. The number of amides is 3. The van der Waals surface area contributed by atoms with Crippen LogP contribution >= 0.6 is 11.8 Å². The molecule has 3 aromatic carbocycles. The molecule has 1 aliphatic rings. The molecule has 0 radical (unpaired) electrons.